The summed E-state index contributed by atoms with van der Waals surface area (Å²) in [5.74, 6) is 2.30. The van der Waals surface area contributed by atoms with Crippen LogP contribution in [0.25, 0.3) is 5.57 Å². The maximum Gasteiger partial charge on any atom is 0.168 e. The van der Waals surface area contributed by atoms with Gasteiger partial charge in [0, 0.05) is 12.1 Å². The average Bonchev–Trinajstić information content (AvgIpc) is 2.37. The molecular formula is C15H19NO2. The van der Waals surface area contributed by atoms with E-state index in [2.05, 4.69) is 31.0 Å². The van der Waals surface area contributed by atoms with Gasteiger partial charge >= 0.3 is 0 Å². The Kier molecular flexibility index (Phi) is 2.78. The van der Waals surface area contributed by atoms with E-state index in [-0.39, 0.29) is 0 Å². The summed E-state index contributed by atoms with van der Waals surface area (Å²) in [6.45, 7) is 4.06. The molecule has 0 aromatic heterocycles. The zero-order chi connectivity index (χ0) is 12.7. The number of benzene rings is 1. The second kappa shape index (κ2) is 4.32. The Morgan fingerprint density at radius 3 is 3.00 bits per heavy atom. The Morgan fingerprint density at radius 1 is 1.39 bits per heavy atom. The molecule has 3 nitrogen and oxygen atoms in total. The predicted octanol–water partition coefficient (Wildman–Crippen LogP) is 2.42. The van der Waals surface area contributed by atoms with Gasteiger partial charge in [0.15, 0.2) is 11.5 Å². The number of fused-ring (bicyclic) bond motifs is 3. The van der Waals surface area contributed by atoms with Crippen LogP contribution in [0.4, 0.5) is 0 Å². The number of para-hydroxylation sites is 1. The molecule has 96 valence electrons. The zero-order valence-corrected chi connectivity index (χ0v) is 11.1. The number of methoxy groups -OCH3 is 1. The van der Waals surface area contributed by atoms with E-state index >= 15 is 0 Å². The third-order valence-electron chi connectivity index (χ3n) is 3.83. The highest BCUT2D eigenvalue weighted by molar-refractivity contribution is 5.78. The van der Waals surface area contributed by atoms with E-state index in [1.165, 1.54) is 11.1 Å². The molecule has 0 saturated carbocycles. The number of likely N-dealkylation sites (N-methyl/N-ethyl adjacent to an activating group) is 1. The predicted molar refractivity (Wildman–Crippen MR) is 72.0 cm³/mol. The second-order valence-corrected chi connectivity index (χ2v) is 5.20. The first-order valence-electron chi connectivity index (χ1n) is 6.43. The lowest BCUT2D eigenvalue weighted by Crippen LogP contribution is -2.44. The summed E-state index contributed by atoms with van der Waals surface area (Å²) in [7, 11) is 3.86. The van der Waals surface area contributed by atoms with Gasteiger partial charge in [-0.15, -0.1) is 0 Å². The van der Waals surface area contributed by atoms with Crippen LogP contribution in [-0.4, -0.2) is 38.3 Å². The summed E-state index contributed by atoms with van der Waals surface area (Å²) in [6, 6.07) is 6.49. The standard InChI is InChI=1S/C15H19NO2/c1-10-7-12-11-5-4-6-14(17-3)15(11)18-9-13(12)16(2)8-10/h4-7,10,13H,8-9H2,1-3H3. The number of ether oxygens (including phenoxy) is 2. The molecule has 0 bridgehead atoms. The van der Waals surface area contributed by atoms with Crippen LogP contribution in [0, 0.1) is 5.92 Å². The van der Waals surface area contributed by atoms with E-state index in [4.69, 9.17) is 9.47 Å². The van der Waals surface area contributed by atoms with Crippen molar-refractivity contribution in [2.24, 2.45) is 5.92 Å². The van der Waals surface area contributed by atoms with Crippen LogP contribution in [0.15, 0.2) is 24.3 Å². The molecule has 0 amide bonds. The Labute approximate surface area is 108 Å². The van der Waals surface area contributed by atoms with Crippen molar-refractivity contribution in [3.05, 3.63) is 29.8 Å². The lowest BCUT2D eigenvalue weighted by molar-refractivity contribution is 0.166. The number of nitrogens with zero attached hydrogens (tertiary/aromatic N) is 1. The van der Waals surface area contributed by atoms with Crippen molar-refractivity contribution in [1.82, 2.24) is 4.90 Å². The molecule has 2 unspecified atom stereocenters. The molecule has 0 saturated heterocycles. The average molecular weight is 245 g/mol. The minimum atomic E-state index is 0.376. The maximum absolute atomic E-state index is 5.91. The third kappa shape index (κ3) is 1.70. The quantitative estimate of drug-likeness (QED) is 0.758. The minimum Gasteiger partial charge on any atom is -0.493 e. The second-order valence-electron chi connectivity index (χ2n) is 5.20. The van der Waals surface area contributed by atoms with E-state index in [0.717, 1.165) is 18.0 Å². The maximum atomic E-state index is 5.91. The molecule has 0 radical (unpaired) electrons. The monoisotopic (exact) mass is 245 g/mol. The van der Waals surface area contributed by atoms with Crippen LogP contribution in [0.2, 0.25) is 0 Å². The van der Waals surface area contributed by atoms with Crippen LogP contribution in [-0.2, 0) is 0 Å². The fourth-order valence-corrected chi connectivity index (χ4v) is 2.99. The summed E-state index contributed by atoms with van der Waals surface area (Å²) >= 11 is 0. The molecule has 0 spiro atoms. The largest absolute Gasteiger partial charge is 0.493 e. The number of hydrogen-bond acceptors (Lipinski definition) is 3. The number of rotatable bonds is 1. The van der Waals surface area contributed by atoms with Crippen molar-refractivity contribution in [2.75, 3.05) is 27.3 Å². The molecule has 0 N–H and O–H groups in total. The third-order valence-corrected chi connectivity index (χ3v) is 3.83. The first kappa shape index (κ1) is 11.6. The Bertz CT molecular complexity index is 495. The molecule has 1 aromatic rings. The van der Waals surface area contributed by atoms with Crippen LogP contribution < -0.4 is 9.47 Å². The van der Waals surface area contributed by atoms with Crippen molar-refractivity contribution in [2.45, 2.75) is 13.0 Å². The summed E-state index contributed by atoms with van der Waals surface area (Å²) in [6.07, 6.45) is 2.38. The molecule has 2 atom stereocenters. The van der Waals surface area contributed by atoms with Gasteiger partial charge < -0.3 is 9.47 Å². The van der Waals surface area contributed by atoms with E-state index in [1.54, 1.807) is 7.11 Å². The van der Waals surface area contributed by atoms with E-state index < -0.39 is 0 Å². The molecule has 2 aliphatic rings. The van der Waals surface area contributed by atoms with Gasteiger partial charge in [0.1, 0.15) is 6.61 Å². The highest BCUT2D eigenvalue weighted by Crippen LogP contribution is 2.42. The lowest BCUT2D eigenvalue weighted by Gasteiger charge is -2.39. The fraction of sp³-hybridized carbons (Fsp3) is 0.467. The fourth-order valence-electron chi connectivity index (χ4n) is 2.99. The van der Waals surface area contributed by atoms with Crippen LogP contribution >= 0.6 is 0 Å². The van der Waals surface area contributed by atoms with Gasteiger partial charge in [-0.1, -0.05) is 25.1 Å². The molecule has 18 heavy (non-hydrogen) atoms. The van der Waals surface area contributed by atoms with Crippen molar-refractivity contribution in [3.63, 3.8) is 0 Å². The molecular weight excluding hydrogens is 226 g/mol. The van der Waals surface area contributed by atoms with Crippen molar-refractivity contribution in [1.29, 1.82) is 0 Å². The smallest absolute Gasteiger partial charge is 0.168 e. The van der Waals surface area contributed by atoms with Crippen molar-refractivity contribution < 1.29 is 9.47 Å². The molecule has 2 heterocycles. The SMILES string of the molecule is COc1cccc2c1OCC1C2=CC(C)CN1C. The molecule has 3 rings (SSSR count). The van der Waals surface area contributed by atoms with Gasteiger partial charge in [-0.3, -0.25) is 4.90 Å². The van der Waals surface area contributed by atoms with Gasteiger partial charge in [-0.05, 0) is 24.6 Å². The van der Waals surface area contributed by atoms with Gasteiger partial charge in [0.2, 0.25) is 0 Å². The summed E-state index contributed by atoms with van der Waals surface area (Å²) in [5, 5.41) is 0. The highest BCUT2D eigenvalue weighted by atomic mass is 16.5. The summed E-state index contributed by atoms with van der Waals surface area (Å²) < 4.78 is 11.3. The van der Waals surface area contributed by atoms with Gasteiger partial charge in [0.05, 0.1) is 13.2 Å². The van der Waals surface area contributed by atoms with Crippen LogP contribution in [0.3, 0.4) is 0 Å². The van der Waals surface area contributed by atoms with E-state index in [1.807, 2.05) is 12.1 Å². The Balaban J connectivity index is 2.12. The first-order chi connectivity index (χ1) is 8.70. The summed E-state index contributed by atoms with van der Waals surface area (Å²) in [5.41, 5.74) is 2.57. The normalized spacial score (nSPS) is 26.7. The molecule has 3 heteroatoms. The van der Waals surface area contributed by atoms with E-state index in [9.17, 15) is 0 Å². The lowest BCUT2D eigenvalue weighted by atomic mass is 9.88. The van der Waals surface area contributed by atoms with Crippen molar-refractivity contribution >= 4 is 5.57 Å². The molecule has 0 fully saturated rings. The number of hydrogen-bond donors (Lipinski definition) is 0. The van der Waals surface area contributed by atoms with Crippen molar-refractivity contribution in [3.8, 4) is 11.5 Å². The minimum absolute atomic E-state index is 0.376. The highest BCUT2D eigenvalue weighted by Gasteiger charge is 2.33. The molecule has 1 aromatic carbocycles. The van der Waals surface area contributed by atoms with Gasteiger partial charge in [-0.2, -0.15) is 0 Å². The summed E-state index contributed by atoms with van der Waals surface area (Å²) in [4.78, 5) is 2.38. The van der Waals surface area contributed by atoms with E-state index in [0.29, 0.717) is 18.6 Å². The van der Waals surface area contributed by atoms with Gasteiger partial charge in [-0.25, -0.2) is 0 Å². The Hall–Kier alpha value is -1.48. The topological polar surface area (TPSA) is 21.7 Å². The molecule has 2 aliphatic heterocycles. The zero-order valence-electron chi connectivity index (χ0n) is 11.1. The van der Waals surface area contributed by atoms with Crippen LogP contribution in [0.5, 0.6) is 11.5 Å². The van der Waals surface area contributed by atoms with Crippen LogP contribution in [0.1, 0.15) is 12.5 Å². The first-order valence-corrected chi connectivity index (χ1v) is 6.43. The Morgan fingerprint density at radius 2 is 2.22 bits per heavy atom. The van der Waals surface area contributed by atoms with Gasteiger partial charge in [0.25, 0.3) is 0 Å². The molecule has 0 aliphatic carbocycles.